The number of rotatable bonds is 5. The number of carbonyl (C=O) groups excluding carboxylic acids is 1. The van der Waals surface area contributed by atoms with E-state index in [-0.39, 0.29) is 12.4 Å². The van der Waals surface area contributed by atoms with Crippen LogP contribution in [0.15, 0.2) is 18.2 Å². The van der Waals surface area contributed by atoms with Crippen LogP contribution in [0.4, 0.5) is 8.78 Å². The molecule has 0 aliphatic carbocycles. The van der Waals surface area contributed by atoms with Gasteiger partial charge in [0.25, 0.3) is 0 Å². The van der Waals surface area contributed by atoms with Crippen LogP contribution in [0.25, 0.3) is 0 Å². The summed E-state index contributed by atoms with van der Waals surface area (Å²) in [7, 11) is 0. The van der Waals surface area contributed by atoms with E-state index < -0.39 is 17.7 Å². The quantitative estimate of drug-likeness (QED) is 0.807. The fourth-order valence-corrected chi connectivity index (χ4v) is 1.42. The van der Waals surface area contributed by atoms with Gasteiger partial charge in [0.2, 0.25) is 0 Å². The van der Waals surface area contributed by atoms with Gasteiger partial charge in [-0.1, -0.05) is 6.07 Å². The van der Waals surface area contributed by atoms with Crippen LogP contribution in [-0.4, -0.2) is 12.6 Å². The standard InChI is InChI=1S/C12H15F2NO2/c1-2-17-12(16)6-5-11(15)8-3-4-9(13)10(14)7-8/h3-4,7,11H,2,5-6,15H2,1H3. The normalized spacial score (nSPS) is 12.2. The van der Waals surface area contributed by atoms with Crippen LogP contribution in [0, 0.1) is 11.6 Å². The molecule has 0 heterocycles. The largest absolute Gasteiger partial charge is 0.466 e. The third-order valence-electron chi connectivity index (χ3n) is 2.34. The summed E-state index contributed by atoms with van der Waals surface area (Å²) in [5.74, 6) is -2.19. The smallest absolute Gasteiger partial charge is 0.305 e. The van der Waals surface area contributed by atoms with Crippen LogP contribution in [0.1, 0.15) is 31.4 Å². The molecule has 0 aromatic heterocycles. The molecule has 17 heavy (non-hydrogen) atoms. The van der Waals surface area contributed by atoms with Crippen LogP contribution in [0.3, 0.4) is 0 Å². The Bertz CT molecular complexity index is 396. The highest BCUT2D eigenvalue weighted by atomic mass is 19.2. The van der Waals surface area contributed by atoms with E-state index in [0.717, 1.165) is 12.1 Å². The van der Waals surface area contributed by atoms with Crippen LogP contribution >= 0.6 is 0 Å². The molecule has 0 amide bonds. The van der Waals surface area contributed by atoms with Crippen LogP contribution in [0.5, 0.6) is 0 Å². The summed E-state index contributed by atoms with van der Waals surface area (Å²) in [5, 5.41) is 0. The molecular weight excluding hydrogens is 228 g/mol. The minimum atomic E-state index is -0.936. The average molecular weight is 243 g/mol. The van der Waals surface area contributed by atoms with Crippen molar-refractivity contribution in [1.82, 2.24) is 0 Å². The Hall–Kier alpha value is -1.49. The Kier molecular flexibility index (Phi) is 5.03. The van der Waals surface area contributed by atoms with E-state index in [0.29, 0.717) is 18.6 Å². The topological polar surface area (TPSA) is 52.3 Å². The van der Waals surface area contributed by atoms with Crippen LogP contribution in [0.2, 0.25) is 0 Å². The lowest BCUT2D eigenvalue weighted by atomic mass is 10.0. The van der Waals surface area contributed by atoms with Gasteiger partial charge < -0.3 is 10.5 Å². The second-order valence-corrected chi connectivity index (χ2v) is 3.62. The first-order valence-electron chi connectivity index (χ1n) is 5.40. The predicted molar refractivity (Wildman–Crippen MR) is 59.2 cm³/mol. The zero-order chi connectivity index (χ0) is 12.8. The van der Waals surface area contributed by atoms with Gasteiger partial charge in [-0.05, 0) is 31.0 Å². The summed E-state index contributed by atoms with van der Waals surface area (Å²) in [6, 6.07) is 2.98. The van der Waals surface area contributed by atoms with Crippen molar-refractivity contribution in [2.24, 2.45) is 5.73 Å². The fraction of sp³-hybridized carbons (Fsp3) is 0.417. The zero-order valence-electron chi connectivity index (χ0n) is 9.58. The Balaban J connectivity index is 2.54. The summed E-state index contributed by atoms with van der Waals surface area (Å²) >= 11 is 0. The molecule has 1 atom stereocenters. The highest BCUT2D eigenvalue weighted by molar-refractivity contribution is 5.69. The molecule has 0 fully saturated rings. The summed E-state index contributed by atoms with van der Waals surface area (Å²) in [6.07, 6.45) is 0.498. The van der Waals surface area contributed by atoms with Crippen LogP contribution < -0.4 is 5.73 Å². The maximum atomic E-state index is 12.9. The van der Waals surface area contributed by atoms with Crippen molar-refractivity contribution in [3.05, 3.63) is 35.4 Å². The van der Waals surface area contributed by atoms with Crippen molar-refractivity contribution in [1.29, 1.82) is 0 Å². The lowest BCUT2D eigenvalue weighted by Gasteiger charge is -2.11. The van der Waals surface area contributed by atoms with Crippen molar-refractivity contribution in [3.63, 3.8) is 0 Å². The number of hydrogen-bond acceptors (Lipinski definition) is 3. The minimum absolute atomic E-state index is 0.161. The number of esters is 1. The van der Waals surface area contributed by atoms with Gasteiger partial charge in [-0.3, -0.25) is 4.79 Å². The molecular formula is C12H15F2NO2. The first-order valence-corrected chi connectivity index (χ1v) is 5.40. The van der Waals surface area contributed by atoms with Crippen molar-refractivity contribution in [2.45, 2.75) is 25.8 Å². The molecule has 0 bridgehead atoms. The number of halogens is 2. The van der Waals surface area contributed by atoms with Gasteiger partial charge in [0.05, 0.1) is 6.61 Å². The van der Waals surface area contributed by atoms with Crippen molar-refractivity contribution < 1.29 is 18.3 Å². The SMILES string of the molecule is CCOC(=O)CCC(N)c1ccc(F)c(F)c1. The highest BCUT2D eigenvalue weighted by Crippen LogP contribution is 2.18. The molecule has 0 saturated heterocycles. The molecule has 0 aliphatic rings. The Morgan fingerprint density at radius 2 is 2.12 bits per heavy atom. The Morgan fingerprint density at radius 1 is 1.41 bits per heavy atom. The van der Waals surface area contributed by atoms with E-state index in [1.807, 2.05) is 0 Å². The minimum Gasteiger partial charge on any atom is -0.466 e. The molecule has 1 unspecified atom stereocenters. The molecule has 2 N–H and O–H groups in total. The molecule has 0 radical (unpaired) electrons. The molecule has 1 aromatic rings. The van der Waals surface area contributed by atoms with E-state index in [9.17, 15) is 13.6 Å². The second-order valence-electron chi connectivity index (χ2n) is 3.62. The third kappa shape index (κ3) is 4.11. The third-order valence-corrected chi connectivity index (χ3v) is 2.34. The van der Waals surface area contributed by atoms with E-state index in [1.165, 1.54) is 6.07 Å². The summed E-state index contributed by atoms with van der Waals surface area (Å²) < 4.78 is 30.4. The molecule has 94 valence electrons. The van der Waals surface area contributed by atoms with Crippen LogP contribution in [-0.2, 0) is 9.53 Å². The van der Waals surface area contributed by atoms with E-state index >= 15 is 0 Å². The highest BCUT2D eigenvalue weighted by Gasteiger charge is 2.12. The molecule has 1 aromatic carbocycles. The van der Waals surface area contributed by atoms with Gasteiger partial charge in [0, 0.05) is 12.5 Å². The van der Waals surface area contributed by atoms with Crippen molar-refractivity contribution in [2.75, 3.05) is 6.61 Å². The number of ether oxygens (including phenoxy) is 1. The first-order chi connectivity index (χ1) is 8.04. The Labute approximate surface area is 98.6 Å². The number of nitrogens with two attached hydrogens (primary N) is 1. The molecule has 0 spiro atoms. The van der Waals surface area contributed by atoms with Crippen molar-refractivity contribution >= 4 is 5.97 Å². The molecule has 1 rings (SSSR count). The van der Waals surface area contributed by atoms with Crippen molar-refractivity contribution in [3.8, 4) is 0 Å². The lowest BCUT2D eigenvalue weighted by Crippen LogP contribution is -2.14. The maximum Gasteiger partial charge on any atom is 0.305 e. The van der Waals surface area contributed by atoms with E-state index in [2.05, 4.69) is 0 Å². The molecule has 0 aliphatic heterocycles. The maximum absolute atomic E-state index is 12.9. The number of benzene rings is 1. The second kappa shape index (κ2) is 6.30. The monoisotopic (exact) mass is 243 g/mol. The van der Waals surface area contributed by atoms with Gasteiger partial charge >= 0.3 is 5.97 Å². The van der Waals surface area contributed by atoms with Gasteiger partial charge in [0.15, 0.2) is 11.6 Å². The molecule has 3 nitrogen and oxygen atoms in total. The van der Waals surface area contributed by atoms with Gasteiger partial charge in [-0.2, -0.15) is 0 Å². The van der Waals surface area contributed by atoms with E-state index in [4.69, 9.17) is 10.5 Å². The number of hydrogen-bond donors (Lipinski definition) is 1. The predicted octanol–water partition coefficient (Wildman–Crippen LogP) is 2.31. The van der Waals surface area contributed by atoms with E-state index in [1.54, 1.807) is 6.92 Å². The van der Waals surface area contributed by atoms with Gasteiger partial charge in [0.1, 0.15) is 0 Å². The number of carbonyl (C=O) groups is 1. The first kappa shape index (κ1) is 13.6. The lowest BCUT2D eigenvalue weighted by molar-refractivity contribution is -0.143. The summed E-state index contributed by atoms with van der Waals surface area (Å²) in [6.45, 7) is 2.03. The summed E-state index contributed by atoms with van der Waals surface area (Å²) in [5.41, 5.74) is 6.23. The molecule has 0 saturated carbocycles. The fourth-order valence-electron chi connectivity index (χ4n) is 1.42. The summed E-state index contributed by atoms with van der Waals surface area (Å²) in [4.78, 5) is 11.1. The average Bonchev–Trinajstić information content (AvgIpc) is 2.30. The Morgan fingerprint density at radius 3 is 2.71 bits per heavy atom. The zero-order valence-corrected chi connectivity index (χ0v) is 9.58. The van der Waals surface area contributed by atoms with Gasteiger partial charge in [-0.15, -0.1) is 0 Å². The molecule has 5 heteroatoms. The van der Waals surface area contributed by atoms with Gasteiger partial charge in [-0.25, -0.2) is 8.78 Å².